The van der Waals surface area contributed by atoms with Crippen molar-refractivity contribution in [3.8, 4) is 5.75 Å². The van der Waals surface area contributed by atoms with E-state index in [4.69, 9.17) is 4.74 Å². The van der Waals surface area contributed by atoms with Crippen LogP contribution < -0.4 is 4.74 Å². The first kappa shape index (κ1) is 12.0. The summed E-state index contributed by atoms with van der Waals surface area (Å²) in [6.45, 7) is 4.15. The van der Waals surface area contributed by atoms with Crippen molar-refractivity contribution in [1.29, 1.82) is 0 Å². The molecule has 0 spiro atoms. The maximum absolute atomic E-state index is 5.26. The maximum atomic E-state index is 5.26. The first-order chi connectivity index (χ1) is 9.24. The number of nitrogens with zero attached hydrogens (tertiary/aromatic N) is 3. The van der Waals surface area contributed by atoms with Crippen LogP contribution in [-0.4, -0.2) is 28.1 Å². The molecule has 2 aromatic rings. The lowest BCUT2D eigenvalue weighted by atomic mass is 10.0. The molecule has 0 radical (unpaired) electrons. The minimum Gasteiger partial charge on any atom is -0.497 e. The highest BCUT2D eigenvalue weighted by Gasteiger charge is 2.18. The van der Waals surface area contributed by atoms with E-state index in [1.165, 1.54) is 0 Å². The van der Waals surface area contributed by atoms with E-state index in [0.717, 1.165) is 33.4 Å². The van der Waals surface area contributed by atoms with Crippen molar-refractivity contribution in [3.63, 3.8) is 0 Å². The standard InChI is InChI=1S/C14H13N3OS/c1-9-12-5-4-11(18-2)8-10(12)6-7-17-13(9)15-16-14(17)19-3/h4-8H,1H2,2-3H3. The van der Waals surface area contributed by atoms with Crippen LogP contribution in [0.5, 0.6) is 5.75 Å². The molecule has 2 heterocycles. The third-order valence-corrected chi connectivity index (χ3v) is 3.75. The minimum atomic E-state index is 0.782. The Morgan fingerprint density at radius 1 is 1.32 bits per heavy atom. The van der Waals surface area contributed by atoms with Gasteiger partial charge in [-0.15, -0.1) is 10.2 Å². The monoisotopic (exact) mass is 271 g/mol. The molecule has 0 unspecified atom stereocenters. The fourth-order valence-electron chi connectivity index (χ4n) is 2.11. The van der Waals surface area contributed by atoms with Gasteiger partial charge in [-0.05, 0) is 41.7 Å². The number of rotatable bonds is 2. The van der Waals surface area contributed by atoms with E-state index in [1.54, 1.807) is 18.9 Å². The number of fused-ring (bicyclic) bond motifs is 2. The van der Waals surface area contributed by atoms with Crippen molar-refractivity contribution in [2.45, 2.75) is 5.16 Å². The summed E-state index contributed by atoms with van der Waals surface area (Å²) in [6, 6.07) is 5.93. The predicted octanol–water partition coefficient (Wildman–Crippen LogP) is 3.01. The smallest absolute Gasteiger partial charge is 0.195 e. The molecule has 0 bridgehead atoms. The predicted molar refractivity (Wildman–Crippen MR) is 78.2 cm³/mol. The van der Waals surface area contributed by atoms with Gasteiger partial charge in [-0.25, -0.2) is 0 Å². The Kier molecular flexibility index (Phi) is 2.91. The molecular formula is C14H13N3OS. The van der Waals surface area contributed by atoms with E-state index in [1.807, 2.05) is 41.3 Å². The Morgan fingerprint density at radius 3 is 2.89 bits per heavy atom. The van der Waals surface area contributed by atoms with Gasteiger partial charge in [0.2, 0.25) is 0 Å². The van der Waals surface area contributed by atoms with Crippen molar-refractivity contribution in [1.82, 2.24) is 14.8 Å². The van der Waals surface area contributed by atoms with Gasteiger partial charge in [-0.1, -0.05) is 18.3 Å². The number of benzene rings is 1. The third-order valence-electron chi connectivity index (χ3n) is 3.10. The second-order valence-corrected chi connectivity index (χ2v) is 4.90. The molecule has 1 aliphatic heterocycles. The summed E-state index contributed by atoms with van der Waals surface area (Å²) in [7, 11) is 1.66. The van der Waals surface area contributed by atoms with Gasteiger partial charge in [0.25, 0.3) is 0 Å². The quantitative estimate of drug-likeness (QED) is 0.672. The summed E-state index contributed by atoms with van der Waals surface area (Å²) < 4.78 is 7.22. The maximum Gasteiger partial charge on any atom is 0.195 e. The highest BCUT2D eigenvalue weighted by molar-refractivity contribution is 7.98. The molecule has 3 rings (SSSR count). The lowest BCUT2D eigenvalue weighted by Gasteiger charge is -2.08. The van der Waals surface area contributed by atoms with Crippen molar-refractivity contribution >= 4 is 29.6 Å². The molecule has 1 aromatic heterocycles. The zero-order chi connectivity index (χ0) is 13.4. The van der Waals surface area contributed by atoms with Crippen LogP contribution in [0.1, 0.15) is 17.0 Å². The Hall–Kier alpha value is -2.01. The van der Waals surface area contributed by atoms with E-state index in [0.29, 0.717) is 0 Å². The lowest BCUT2D eigenvalue weighted by Crippen LogP contribution is -1.96. The first-order valence-electron chi connectivity index (χ1n) is 5.79. The van der Waals surface area contributed by atoms with E-state index >= 15 is 0 Å². The van der Waals surface area contributed by atoms with Crippen LogP contribution in [0, 0.1) is 0 Å². The number of hydrogen-bond acceptors (Lipinski definition) is 4. The highest BCUT2D eigenvalue weighted by Crippen LogP contribution is 2.32. The largest absolute Gasteiger partial charge is 0.497 e. The van der Waals surface area contributed by atoms with Crippen LogP contribution >= 0.6 is 11.8 Å². The Morgan fingerprint density at radius 2 is 2.16 bits per heavy atom. The normalized spacial score (nSPS) is 12.8. The minimum absolute atomic E-state index is 0.782. The Labute approximate surface area is 115 Å². The molecule has 96 valence electrons. The first-order valence-corrected chi connectivity index (χ1v) is 7.02. The second kappa shape index (κ2) is 4.59. The molecular weight excluding hydrogens is 258 g/mol. The van der Waals surface area contributed by atoms with E-state index in [-0.39, 0.29) is 0 Å². The molecule has 0 fully saturated rings. The molecule has 0 amide bonds. The van der Waals surface area contributed by atoms with Gasteiger partial charge in [0.1, 0.15) is 5.75 Å². The van der Waals surface area contributed by atoms with Gasteiger partial charge < -0.3 is 4.74 Å². The van der Waals surface area contributed by atoms with E-state index < -0.39 is 0 Å². The summed E-state index contributed by atoms with van der Waals surface area (Å²) >= 11 is 1.56. The highest BCUT2D eigenvalue weighted by atomic mass is 32.2. The number of hydrogen-bond donors (Lipinski definition) is 0. The van der Waals surface area contributed by atoms with Gasteiger partial charge in [-0.3, -0.25) is 4.57 Å². The molecule has 0 aliphatic carbocycles. The lowest BCUT2D eigenvalue weighted by molar-refractivity contribution is 0.414. The van der Waals surface area contributed by atoms with Crippen LogP contribution in [0.15, 0.2) is 29.9 Å². The fraction of sp³-hybridized carbons (Fsp3) is 0.143. The van der Waals surface area contributed by atoms with E-state index in [2.05, 4.69) is 16.8 Å². The van der Waals surface area contributed by atoms with Crippen molar-refractivity contribution in [2.24, 2.45) is 0 Å². The SMILES string of the molecule is C=C1c2ccc(OC)cc2C=Cn2c(SC)nnc21. The number of ether oxygens (including phenoxy) is 1. The summed E-state index contributed by atoms with van der Waals surface area (Å²) in [4.78, 5) is 0. The number of thioether (sulfide) groups is 1. The molecule has 0 N–H and O–H groups in total. The van der Waals surface area contributed by atoms with Gasteiger partial charge in [0, 0.05) is 11.8 Å². The average Bonchev–Trinajstić information content (AvgIpc) is 2.81. The van der Waals surface area contributed by atoms with Crippen molar-refractivity contribution < 1.29 is 4.74 Å². The van der Waals surface area contributed by atoms with Gasteiger partial charge in [0.05, 0.1) is 7.11 Å². The molecule has 5 heteroatoms. The summed E-state index contributed by atoms with van der Waals surface area (Å²) in [5.74, 6) is 1.61. The zero-order valence-corrected chi connectivity index (χ0v) is 11.6. The molecule has 1 aliphatic rings. The van der Waals surface area contributed by atoms with Gasteiger partial charge >= 0.3 is 0 Å². The van der Waals surface area contributed by atoms with Crippen molar-refractivity contribution in [3.05, 3.63) is 41.7 Å². The van der Waals surface area contributed by atoms with Crippen LogP contribution in [-0.2, 0) is 0 Å². The van der Waals surface area contributed by atoms with Crippen LogP contribution in [0.3, 0.4) is 0 Å². The number of aromatic nitrogens is 3. The Bertz CT molecular complexity index is 688. The fourth-order valence-corrected chi connectivity index (χ4v) is 2.58. The summed E-state index contributed by atoms with van der Waals surface area (Å²) in [6.07, 6.45) is 5.98. The molecule has 4 nitrogen and oxygen atoms in total. The van der Waals surface area contributed by atoms with Gasteiger partial charge in [-0.2, -0.15) is 0 Å². The van der Waals surface area contributed by atoms with Crippen LogP contribution in [0.4, 0.5) is 0 Å². The molecule has 0 saturated heterocycles. The summed E-state index contributed by atoms with van der Waals surface area (Å²) in [5, 5.41) is 9.23. The Balaban J connectivity index is 2.19. The second-order valence-electron chi connectivity index (χ2n) is 4.13. The zero-order valence-electron chi connectivity index (χ0n) is 10.8. The average molecular weight is 271 g/mol. The molecule has 0 saturated carbocycles. The molecule has 1 aromatic carbocycles. The van der Waals surface area contributed by atoms with Crippen LogP contribution in [0.2, 0.25) is 0 Å². The topological polar surface area (TPSA) is 39.9 Å². The van der Waals surface area contributed by atoms with Crippen LogP contribution in [0.25, 0.3) is 17.8 Å². The molecule has 19 heavy (non-hydrogen) atoms. The van der Waals surface area contributed by atoms with E-state index in [9.17, 15) is 0 Å². The summed E-state index contributed by atoms with van der Waals surface area (Å²) in [5.41, 5.74) is 2.99. The third kappa shape index (κ3) is 1.86. The molecule has 0 atom stereocenters. The van der Waals surface area contributed by atoms with Crippen molar-refractivity contribution in [2.75, 3.05) is 13.4 Å². The number of methoxy groups -OCH3 is 1. The van der Waals surface area contributed by atoms with Gasteiger partial charge in [0.15, 0.2) is 11.0 Å².